The summed E-state index contributed by atoms with van der Waals surface area (Å²) in [4.78, 5) is 29.3. The maximum absolute atomic E-state index is 12.5. The second-order valence-corrected chi connectivity index (χ2v) is 6.81. The van der Waals surface area contributed by atoms with Crippen LogP contribution in [-0.2, 0) is 6.54 Å². The third-order valence-electron chi connectivity index (χ3n) is 4.37. The van der Waals surface area contributed by atoms with Crippen molar-refractivity contribution in [3.05, 3.63) is 70.4 Å². The minimum atomic E-state index is -0.164. The quantitative estimate of drug-likeness (QED) is 0.758. The molecule has 0 saturated heterocycles. The summed E-state index contributed by atoms with van der Waals surface area (Å²) in [6, 6.07) is 13.3. The fraction of sp³-hybridized carbons (Fsp3) is 0.238. The summed E-state index contributed by atoms with van der Waals surface area (Å²) < 4.78 is 0. The van der Waals surface area contributed by atoms with Crippen molar-refractivity contribution < 1.29 is 9.59 Å². The molecule has 5 heteroatoms. The molecule has 0 bridgehead atoms. The third-order valence-corrected chi connectivity index (χ3v) is 4.37. The second kappa shape index (κ2) is 7.04. The summed E-state index contributed by atoms with van der Waals surface area (Å²) in [5.41, 5.74) is 5.30. The zero-order valence-corrected chi connectivity index (χ0v) is 15.5. The first-order chi connectivity index (χ1) is 12.3. The summed E-state index contributed by atoms with van der Waals surface area (Å²) in [7, 11) is 3.44. The number of fused-ring (bicyclic) bond motifs is 1. The molecule has 2 aromatic carbocycles. The van der Waals surface area contributed by atoms with Gasteiger partial charge in [-0.3, -0.25) is 9.59 Å². The van der Waals surface area contributed by atoms with E-state index in [0.29, 0.717) is 17.8 Å². The van der Waals surface area contributed by atoms with E-state index in [1.54, 1.807) is 26.2 Å². The maximum atomic E-state index is 12.5. The van der Waals surface area contributed by atoms with E-state index in [9.17, 15) is 9.59 Å². The van der Waals surface area contributed by atoms with Gasteiger partial charge in [0, 0.05) is 37.1 Å². The predicted molar refractivity (Wildman–Crippen MR) is 103 cm³/mol. The normalized spacial score (nSPS) is 10.8. The highest BCUT2D eigenvalue weighted by molar-refractivity contribution is 5.99. The molecule has 0 aliphatic rings. The number of nitrogens with one attached hydrogen (secondary N) is 2. The van der Waals surface area contributed by atoms with Crippen LogP contribution in [0.2, 0.25) is 0 Å². The highest BCUT2D eigenvalue weighted by atomic mass is 16.2. The van der Waals surface area contributed by atoms with Crippen LogP contribution in [0.1, 0.15) is 37.5 Å². The molecule has 2 amide bonds. The van der Waals surface area contributed by atoms with Crippen LogP contribution >= 0.6 is 0 Å². The Morgan fingerprint density at radius 1 is 1.08 bits per heavy atom. The van der Waals surface area contributed by atoms with Gasteiger partial charge in [-0.25, -0.2) is 0 Å². The number of rotatable bonds is 4. The Labute approximate surface area is 153 Å². The standard InChI is InChI=1S/C21H23N3O2/c1-13-8-14(2)17-11-19(23-18(17)9-13)20(25)22-12-15-6-5-7-16(10-15)21(26)24(3)4/h5-11,23H,12H2,1-4H3,(H,22,25). The van der Waals surface area contributed by atoms with Gasteiger partial charge >= 0.3 is 0 Å². The SMILES string of the molecule is Cc1cc(C)c2cc(C(=O)NCc3cccc(C(=O)N(C)C)c3)[nH]c2c1. The lowest BCUT2D eigenvalue weighted by molar-refractivity contribution is 0.0827. The molecule has 1 heterocycles. The Hall–Kier alpha value is -3.08. The summed E-state index contributed by atoms with van der Waals surface area (Å²) in [6.45, 7) is 4.44. The Bertz CT molecular complexity index is 986. The van der Waals surface area contributed by atoms with E-state index >= 15 is 0 Å². The van der Waals surface area contributed by atoms with Gasteiger partial charge in [-0.2, -0.15) is 0 Å². The van der Waals surface area contributed by atoms with Crippen molar-refractivity contribution in [1.29, 1.82) is 0 Å². The molecule has 3 aromatic rings. The van der Waals surface area contributed by atoms with Gasteiger partial charge in [-0.1, -0.05) is 18.2 Å². The summed E-state index contributed by atoms with van der Waals surface area (Å²) in [5.74, 6) is -0.220. The van der Waals surface area contributed by atoms with E-state index in [0.717, 1.165) is 27.6 Å². The topological polar surface area (TPSA) is 65.2 Å². The van der Waals surface area contributed by atoms with Crippen LogP contribution in [0.25, 0.3) is 10.9 Å². The molecule has 1 aromatic heterocycles. The number of benzene rings is 2. The van der Waals surface area contributed by atoms with Crippen molar-refractivity contribution in [3.63, 3.8) is 0 Å². The molecule has 0 spiro atoms. The van der Waals surface area contributed by atoms with E-state index in [1.165, 1.54) is 4.90 Å². The first kappa shape index (κ1) is 17.7. The molecule has 0 fully saturated rings. The lowest BCUT2D eigenvalue weighted by Gasteiger charge is -2.11. The van der Waals surface area contributed by atoms with Gasteiger partial charge in [0.15, 0.2) is 0 Å². The molecule has 0 atom stereocenters. The number of hydrogen-bond donors (Lipinski definition) is 2. The van der Waals surface area contributed by atoms with Crippen molar-refractivity contribution in [2.24, 2.45) is 0 Å². The number of carbonyl (C=O) groups is 2. The van der Waals surface area contributed by atoms with Crippen molar-refractivity contribution in [3.8, 4) is 0 Å². The Kier molecular flexibility index (Phi) is 4.80. The minimum Gasteiger partial charge on any atom is -0.351 e. The van der Waals surface area contributed by atoms with E-state index in [-0.39, 0.29) is 11.8 Å². The smallest absolute Gasteiger partial charge is 0.267 e. The number of aromatic amines is 1. The minimum absolute atomic E-state index is 0.0559. The van der Waals surface area contributed by atoms with Crippen molar-refractivity contribution in [2.45, 2.75) is 20.4 Å². The van der Waals surface area contributed by atoms with Gasteiger partial charge in [0.2, 0.25) is 0 Å². The van der Waals surface area contributed by atoms with Crippen LogP contribution in [0, 0.1) is 13.8 Å². The molecule has 0 unspecified atom stereocenters. The molecule has 134 valence electrons. The number of carbonyl (C=O) groups excluding carboxylic acids is 2. The number of aromatic nitrogens is 1. The molecule has 26 heavy (non-hydrogen) atoms. The third kappa shape index (κ3) is 3.61. The fourth-order valence-electron chi connectivity index (χ4n) is 3.07. The molecule has 3 rings (SSSR count). The molecule has 0 aliphatic carbocycles. The van der Waals surface area contributed by atoms with E-state index in [1.807, 2.05) is 38.1 Å². The summed E-state index contributed by atoms with van der Waals surface area (Å²) >= 11 is 0. The Balaban J connectivity index is 1.74. The van der Waals surface area contributed by atoms with Crippen LogP contribution < -0.4 is 5.32 Å². The van der Waals surface area contributed by atoms with E-state index in [2.05, 4.69) is 16.4 Å². The van der Waals surface area contributed by atoms with Crippen molar-refractivity contribution >= 4 is 22.7 Å². The Morgan fingerprint density at radius 2 is 1.85 bits per heavy atom. The summed E-state index contributed by atoms with van der Waals surface area (Å²) in [5, 5.41) is 3.97. The fourth-order valence-corrected chi connectivity index (χ4v) is 3.07. The molecule has 0 saturated carbocycles. The van der Waals surface area contributed by atoms with Crippen LogP contribution in [-0.4, -0.2) is 35.8 Å². The van der Waals surface area contributed by atoms with Crippen LogP contribution in [0.3, 0.4) is 0 Å². The largest absolute Gasteiger partial charge is 0.351 e. The van der Waals surface area contributed by atoms with Gasteiger partial charge in [0.1, 0.15) is 5.69 Å². The first-order valence-corrected chi connectivity index (χ1v) is 8.54. The van der Waals surface area contributed by atoms with Crippen molar-refractivity contribution in [1.82, 2.24) is 15.2 Å². The monoisotopic (exact) mass is 349 g/mol. The maximum Gasteiger partial charge on any atom is 0.267 e. The van der Waals surface area contributed by atoms with Gasteiger partial charge in [-0.15, -0.1) is 0 Å². The number of H-pyrrole nitrogens is 1. The Morgan fingerprint density at radius 3 is 2.58 bits per heavy atom. The van der Waals surface area contributed by atoms with Gasteiger partial charge in [0.05, 0.1) is 0 Å². The zero-order chi connectivity index (χ0) is 18.8. The van der Waals surface area contributed by atoms with Crippen molar-refractivity contribution in [2.75, 3.05) is 14.1 Å². The zero-order valence-electron chi connectivity index (χ0n) is 15.5. The number of amides is 2. The van der Waals surface area contributed by atoms with Gasteiger partial charge < -0.3 is 15.2 Å². The van der Waals surface area contributed by atoms with Crippen LogP contribution in [0.15, 0.2) is 42.5 Å². The van der Waals surface area contributed by atoms with Crippen LogP contribution in [0.4, 0.5) is 0 Å². The number of hydrogen-bond acceptors (Lipinski definition) is 2. The average Bonchev–Trinajstić information content (AvgIpc) is 3.03. The molecular formula is C21H23N3O2. The van der Waals surface area contributed by atoms with Gasteiger partial charge in [0.25, 0.3) is 11.8 Å². The number of nitrogens with zero attached hydrogens (tertiary/aromatic N) is 1. The van der Waals surface area contributed by atoms with E-state index < -0.39 is 0 Å². The molecule has 5 nitrogen and oxygen atoms in total. The summed E-state index contributed by atoms with van der Waals surface area (Å²) in [6.07, 6.45) is 0. The van der Waals surface area contributed by atoms with E-state index in [4.69, 9.17) is 0 Å². The lowest BCUT2D eigenvalue weighted by atomic mass is 10.1. The molecular weight excluding hydrogens is 326 g/mol. The molecule has 2 N–H and O–H groups in total. The number of aryl methyl sites for hydroxylation is 2. The predicted octanol–water partition coefficient (Wildman–Crippen LogP) is 3.42. The second-order valence-electron chi connectivity index (χ2n) is 6.81. The lowest BCUT2D eigenvalue weighted by Crippen LogP contribution is -2.24. The molecule has 0 aliphatic heterocycles. The molecule has 0 radical (unpaired) electrons. The first-order valence-electron chi connectivity index (χ1n) is 8.54. The van der Waals surface area contributed by atoms with Gasteiger partial charge in [-0.05, 0) is 54.8 Å². The highest BCUT2D eigenvalue weighted by Gasteiger charge is 2.12. The van der Waals surface area contributed by atoms with Crippen LogP contribution in [0.5, 0.6) is 0 Å². The average molecular weight is 349 g/mol. The highest BCUT2D eigenvalue weighted by Crippen LogP contribution is 2.21.